The van der Waals surface area contributed by atoms with Gasteiger partial charge in [0, 0.05) is 0 Å². The molecule has 5 heavy (non-hydrogen) atoms. The molecule has 0 aliphatic heterocycles. The molecule has 0 aromatic heterocycles. The Labute approximate surface area is 48.0 Å². The quantitative estimate of drug-likeness (QED) is 0.374. The molecule has 0 unspecified atom stereocenters. The van der Waals surface area contributed by atoms with Gasteiger partial charge in [-0.15, -0.1) is 0 Å². The molecule has 0 aliphatic carbocycles. The van der Waals surface area contributed by atoms with Crippen molar-refractivity contribution in [3.8, 4) is 0 Å². The third-order valence-electron chi connectivity index (χ3n) is 0. The van der Waals surface area contributed by atoms with Crippen LogP contribution in [-0.2, 0) is 0 Å². The average molecular weight is 171 g/mol. The normalized spacial score (nSPS) is 0.800. The van der Waals surface area contributed by atoms with Crippen molar-refractivity contribution in [2.24, 2.45) is 0 Å². The van der Waals surface area contributed by atoms with Gasteiger partial charge in [-0.05, 0) is 0 Å². The van der Waals surface area contributed by atoms with Crippen LogP contribution in [0.2, 0.25) is 0 Å². The van der Waals surface area contributed by atoms with E-state index in [1.165, 1.54) is 0 Å². The Morgan fingerprint density at radius 1 is 0.800 bits per heavy atom. The van der Waals surface area contributed by atoms with E-state index in [9.17, 15) is 0 Å². The predicted octanol–water partition coefficient (Wildman–Crippen LogP) is -0.188. The SMILES string of the molecule is [C-]#N.[C-]#N.[Sn+2]. The fraction of sp³-hybridized carbons (Fsp3) is 0. The van der Waals surface area contributed by atoms with Crippen LogP contribution in [0, 0.1) is 23.7 Å². The van der Waals surface area contributed by atoms with Gasteiger partial charge >= 0.3 is 23.9 Å². The number of nitrogens with zero attached hydrogens (tertiary/aromatic N) is 2. The van der Waals surface area contributed by atoms with E-state index in [2.05, 4.69) is 0 Å². The summed E-state index contributed by atoms with van der Waals surface area (Å²) in [6.07, 6.45) is 0. The van der Waals surface area contributed by atoms with Crippen molar-refractivity contribution >= 4 is 23.9 Å². The first kappa shape index (κ1) is 21.6. The molecule has 0 rings (SSSR count). The minimum atomic E-state index is 0. The summed E-state index contributed by atoms with van der Waals surface area (Å²) >= 11 is 0. The van der Waals surface area contributed by atoms with Crippen molar-refractivity contribution in [3.05, 3.63) is 13.1 Å². The summed E-state index contributed by atoms with van der Waals surface area (Å²) in [5.41, 5.74) is 0. The van der Waals surface area contributed by atoms with Crippen molar-refractivity contribution in [2.45, 2.75) is 0 Å². The summed E-state index contributed by atoms with van der Waals surface area (Å²) in [7, 11) is 0. The third-order valence-corrected chi connectivity index (χ3v) is 0. The van der Waals surface area contributed by atoms with Crippen LogP contribution < -0.4 is 0 Å². The van der Waals surface area contributed by atoms with Gasteiger partial charge < -0.3 is 23.7 Å². The second-order valence-corrected chi connectivity index (χ2v) is 0. The molecular formula is C2N2Sn. The summed E-state index contributed by atoms with van der Waals surface area (Å²) in [4.78, 5) is 0. The molecule has 0 aliphatic rings. The first-order chi connectivity index (χ1) is 2.00. The zero-order chi connectivity index (χ0) is 4.00. The molecule has 0 saturated carbocycles. The van der Waals surface area contributed by atoms with Crippen LogP contribution in [0.3, 0.4) is 0 Å². The molecule has 0 atom stereocenters. The fourth-order valence-electron chi connectivity index (χ4n) is 0. The van der Waals surface area contributed by atoms with Gasteiger partial charge in [-0.2, -0.15) is 0 Å². The maximum Gasteiger partial charge on any atom is 2.00 e. The molecule has 0 saturated heterocycles. The third kappa shape index (κ3) is 244. The number of hydrogen-bond acceptors (Lipinski definition) is 2. The molecule has 0 spiro atoms. The van der Waals surface area contributed by atoms with Gasteiger partial charge in [0.15, 0.2) is 0 Å². The smallest absolute Gasteiger partial charge is 0.512 e. The van der Waals surface area contributed by atoms with E-state index >= 15 is 0 Å². The van der Waals surface area contributed by atoms with Crippen LogP contribution in [0.1, 0.15) is 0 Å². The molecule has 2 nitrogen and oxygen atoms in total. The molecule has 0 N–H and O–H groups in total. The van der Waals surface area contributed by atoms with E-state index in [4.69, 9.17) is 23.7 Å². The molecular weight excluding hydrogens is 171 g/mol. The van der Waals surface area contributed by atoms with Crippen molar-refractivity contribution < 1.29 is 0 Å². The van der Waals surface area contributed by atoms with Crippen LogP contribution in [0.25, 0.3) is 0 Å². The Kier molecular flexibility index (Phi) is 2570. The standard InChI is InChI=1S/2CN.Sn/c2*1-2;/q2*-1;+2. The minimum absolute atomic E-state index is 0. The first-order valence-electron chi connectivity index (χ1n) is 0.447. The van der Waals surface area contributed by atoms with E-state index < -0.39 is 0 Å². The minimum Gasteiger partial charge on any atom is -0.512 e. The van der Waals surface area contributed by atoms with E-state index in [-0.39, 0.29) is 23.9 Å². The Balaban J connectivity index is -0.0000000133. The summed E-state index contributed by atoms with van der Waals surface area (Å²) in [5, 5.41) is 12.5. The van der Waals surface area contributed by atoms with E-state index in [1.54, 1.807) is 0 Å². The molecule has 0 fully saturated rings. The average Bonchev–Trinajstić information content (AvgIpc) is 1.50. The second kappa shape index (κ2) is 596. The zero-order valence-corrected chi connectivity index (χ0v) is 5.25. The molecule has 0 amide bonds. The maximum absolute atomic E-state index is 6.25. The van der Waals surface area contributed by atoms with E-state index in [0.717, 1.165) is 0 Å². The Morgan fingerprint density at radius 3 is 0.800 bits per heavy atom. The molecule has 3 heteroatoms. The molecule has 22 valence electrons. The largest absolute Gasteiger partial charge is 2.00 e. The van der Waals surface area contributed by atoms with Gasteiger partial charge in [-0.1, -0.05) is 0 Å². The Hall–Kier alpha value is -0.221. The monoisotopic (exact) mass is 172 g/mol. The van der Waals surface area contributed by atoms with Crippen molar-refractivity contribution in [1.29, 1.82) is 10.5 Å². The Bertz CT molecular complexity index is 23.1. The van der Waals surface area contributed by atoms with Gasteiger partial charge in [0.05, 0.1) is 0 Å². The van der Waals surface area contributed by atoms with Crippen molar-refractivity contribution in [3.63, 3.8) is 0 Å². The number of rotatable bonds is 0. The summed E-state index contributed by atoms with van der Waals surface area (Å²) < 4.78 is 0. The first-order valence-corrected chi connectivity index (χ1v) is 0.447. The summed E-state index contributed by atoms with van der Waals surface area (Å²) in [6, 6.07) is 0. The molecule has 0 aromatic carbocycles. The van der Waals surface area contributed by atoms with Crippen molar-refractivity contribution in [2.75, 3.05) is 0 Å². The molecule has 0 heterocycles. The van der Waals surface area contributed by atoms with E-state index in [0.29, 0.717) is 0 Å². The van der Waals surface area contributed by atoms with Gasteiger partial charge in [0.2, 0.25) is 0 Å². The van der Waals surface area contributed by atoms with Gasteiger partial charge in [-0.25, -0.2) is 0 Å². The zero-order valence-electron chi connectivity index (χ0n) is 2.39. The van der Waals surface area contributed by atoms with Crippen LogP contribution >= 0.6 is 0 Å². The summed E-state index contributed by atoms with van der Waals surface area (Å²) in [6.45, 7) is 9.50. The molecule has 0 aromatic rings. The Morgan fingerprint density at radius 2 is 0.800 bits per heavy atom. The van der Waals surface area contributed by atoms with Gasteiger partial charge in [0.1, 0.15) is 0 Å². The molecule has 2 radical (unpaired) electrons. The van der Waals surface area contributed by atoms with E-state index in [1.807, 2.05) is 0 Å². The van der Waals surface area contributed by atoms with Crippen LogP contribution in [0.5, 0.6) is 0 Å². The predicted molar refractivity (Wildman–Crippen MR) is 15.7 cm³/mol. The van der Waals surface area contributed by atoms with Gasteiger partial charge in [-0.3, -0.25) is 0 Å². The molecule has 0 bridgehead atoms. The maximum atomic E-state index is 6.25. The topological polar surface area (TPSA) is 47.6 Å². The van der Waals surface area contributed by atoms with Crippen LogP contribution in [0.4, 0.5) is 0 Å². The second-order valence-electron chi connectivity index (χ2n) is 0. The van der Waals surface area contributed by atoms with Crippen LogP contribution in [0.15, 0.2) is 0 Å². The van der Waals surface area contributed by atoms with Crippen LogP contribution in [-0.4, -0.2) is 23.9 Å². The fourth-order valence-corrected chi connectivity index (χ4v) is 0. The van der Waals surface area contributed by atoms with Crippen molar-refractivity contribution in [1.82, 2.24) is 0 Å². The number of hydrogen-bond donors (Lipinski definition) is 0. The summed E-state index contributed by atoms with van der Waals surface area (Å²) in [5.74, 6) is 0. The van der Waals surface area contributed by atoms with Gasteiger partial charge in [0.25, 0.3) is 0 Å².